The molecule has 0 aliphatic carbocycles. The van der Waals surface area contributed by atoms with Gasteiger partial charge in [0.15, 0.2) is 17.5 Å². The molecule has 0 fully saturated rings. The van der Waals surface area contributed by atoms with Crippen LogP contribution in [0.2, 0.25) is 0 Å². The summed E-state index contributed by atoms with van der Waals surface area (Å²) >= 11 is 0. The average Bonchev–Trinajstić information content (AvgIpc) is 3.90. The van der Waals surface area contributed by atoms with Crippen molar-refractivity contribution in [2.45, 2.75) is 0 Å². The molecule has 0 spiro atoms. The maximum Gasteiger partial charge on any atom is 0.164 e. The highest BCUT2D eigenvalue weighted by atomic mass is 16.3. The van der Waals surface area contributed by atoms with Crippen molar-refractivity contribution < 1.29 is 4.42 Å². The summed E-state index contributed by atoms with van der Waals surface area (Å²) in [5.41, 5.74) is 14.6. The lowest BCUT2D eigenvalue weighted by Gasteiger charge is -2.12. The Kier molecular flexibility index (Phi) is 8.42. The molecule has 0 aliphatic heterocycles. The van der Waals surface area contributed by atoms with Gasteiger partial charge < -0.3 is 8.98 Å². The molecule has 5 heteroatoms. The van der Waals surface area contributed by atoms with Crippen molar-refractivity contribution in [2.75, 3.05) is 0 Å². The minimum Gasteiger partial charge on any atom is -0.456 e. The summed E-state index contributed by atoms with van der Waals surface area (Å²) in [6.45, 7) is 0. The van der Waals surface area contributed by atoms with Crippen molar-refractivity contribution in [3.8, 4) is 73.2 Å². The molecule has 12 rings (SSSR count). The molecule has 290 valence electrons. The Morgan fingerprint density at radius 2 is 0.790 bits per heavy atom. The van der Waals surface area contributed by atoms with E-state index in [1.165, 1.54) is 16.5 Å². The summed E-state index contributed by atoms with van der Waals surface area (Å²) in [6, 6.07) is 76.3. The Balaban J connectivity index is 1.03. The number of para-hydroxylation sites is 1. The van der Waals surface area contributed by atoms with Gasteiger partial charge in [0.1, 0.15) is 11.2 Å². The minimum absolute atomic E-state index is 0.592. The zero-order chi connectivity index (χ0) is 41.0. The van der Waals surface area contributed by atoms with E-state index in [0.29, 0.717) is 17.5 Å². The van der Waals surface area contributed by atoms with E-state index in [2.05, 4.69) is 180 Å². The van der Waals surface area contributed by atoms with Gasteiger partial charge in [-0.3, -0.25) is 0 Å². The second-order valence-electron chi connectivity index (χ2n) is 15.6. The van der Waals surface area contributed by atoms with Gasteiger partial charge in [0.2, 0.25) is 0 Å². The largest absolute Gasteiger partial charge is 0.456 e. The highest BCUT2D eigenvalue weighted by Crippen LogP contribution is 2.42. The molecule has 0 N–H and O–H groups in total. The lowest BCUT2D eigenvalue weighted by atomic mass is 10.00. The number of benzene rings is 9. The molecule has 5 nitrogen and oxygen atoms in total. The Morgan fingerprint density at radius 1 is 0.306 bits per heavy atom. The summed E-state index contributed by atoms with van der Waals surface area (Å²) in [6.07, 6.45) is 0. The van der Waals surface area contributed by atoms with Gasteiger partial charge in [0.05, 0.1) is 16.4 Å². The third-order valence-electron chi connectivity index (χ3n) is 11.9. The van der Waals surface area contributed by atoms with E-state index in [1.807, 2.05) is 42.5 Å². The molecule has 12 aromatic rings. The van der Waals surface area contributed by atoms with Crippen LogP contribution in [0.15, 0.2) is 223 Å². The molecule has 0 radical (unpaired) electrons. The lowest BCUT2D eigenvalue weighted by Crippen LogP contribution is -2.00. The maximum absolute atomic E-state index is 6.65. The van der Waals surface area contributed by atoms with E-state index < -0.39 is 0 Å². The van der Waals surface area contributed by atoms with Crippen LogP contribution >= 0.6 is 0 Å². The van der Waals surface area contributed by atoms with Gasteiger partial charge in [-0.15, -0.1) is 0 Å². The van der Waals surface area contributed by atoms with Gasteiger partial charge in [-0.1, -0.05) is 164 Å². The van der Waals surface area contributed by atoms with E-state index in [0.717, 1.165) is 83.0 Å². The Hall–Kier alpha value is -8.41. The minimum atomic E-state index is 0.592. The monoisotopic (exact) mass is 792 g/mol. The number of aromatic nitrogens is 4. The molecule has 0 unspecified atom stereocenters. The molecule has 9 aromatic carbocycles. The molecule has 0 aliphatic rings. The van der Waals surface area contributed by atoms with Crippen molar-refractivity contribution in [2.24, 2.45) is 0 Å². The van der Waals surface area contributed by atoms with E-state index in [4.69, 9.17) is 19.4 Å². The van der Waals surface area contributed by atoms with Crippen molar-refractivity contribution in [1.82, 2.24) is 19.5 Å². The standard InChI is InChI=1S/C57H36N4O/c1-4-14-37(15-5-1)39-26-28-40(29-27-39)43-21-13-23-46(35-43)61-50-25-11-10-24-47(50)48-31-33-52-53(54(48)61)49-36-45(30-32-51(49)62-52)57-59-55(41-18-8-3-9-19-41)58-56(60-57)44-22-12-20-42(34-44)38-16-6-2-7-17-38/h1-36H. The van der Waals surface area contributed by atoms with Gasteiger partial charge in [0.25, 0.3) is 0 Å². The molecule has 3 aromatic heterocycles. The summed E-state index contributed by atoms with van der Waals surface area (Å²) in [7, 11) is 0. The topological polar surface area (TPSA) is 56.7 Å². The van der Waals surface area contributed by atoms with Crippen LogP contribution in [0.1, 0.15) is 0 Å². The average molecular weight is 793 g/mol. The number of rotatable bonds is 7. The van der Waals surface area contributed by atoms with Crippen LogP contribution < -0.4 is 0 Å². The van der Waals surface area contributed by atoms with Crippen molar-refractivity contribution >= 4 is 43.7 Å². The number of furan rings is 1. The first kappa shape index (κ1) is 35.5. The molecule has 62 heavy (non-hydrogen) atoms. The van der Waals surface area contributed by atoms with E-state index in [9.17, 15) is 0 Å². The Bertz CT molecular complexity index is 3610. The van der Waals surface area contributed by atoms with Crippen LogP contribution in [0, 0.1) is 0 Å². The molecule has 0 amide bonds. The summed E-state index contributed by atoms with van der Waals surface area (Å²) < 4.78 is 9.05. The van der Waals surface area contributed by atoms with Gasteiger partial charge in [-0.05, 0) is 88.0 Å². The third-order valence-corrected chi connectivity index (χ3v) is 11.9. The van der Waals surface area contributed by atoms with E-state index in [-0.39, 0.29) is 0 Å². The normalized spacial score (nSPS) is 11.5. The summed E-state index contributed by atoms with van der Waals surface area (Å²) in [5.74, 6) is 1.82. The summed E-state index contributed by atoms with van der Waals surface area (Å²) in [5, 5.41) is 4.38. The zero-order valence-electron chi connectivity index (χ0n) is 33.5. The first-order valence-electron chi connectivity index (χ1n) is 20.8. The van der Waals surface area contributed by atoms with Crippen LogP contribution in [-0.4, -0.2) is 19.5 Å². The Labute approximate surface area is 357 Å². The zero-order valence-corrected chi connectivity index (χ0v) is 33.5. The van der Waals surface area contributed by atoms with E-state index >= 15 is 0 Å². The Morgan fingerprint density at radius 3 is 1.50 bits per heavy atom. The molecule has 0 bridgehead atoms. The maximum atomic E-state index is 6.65. The van der Waals surface area contributed by atoms with Crippen LogP contribution in [0.4, 0.5) is 0 Å². The van der Waals surface area contributed by atoms with Gasteiger partial charge in [-0.2, -0.15) is 0 Å². The summed E-state index contributed by atoms with van der Waals surface area (Å²) in [4.78, 5) is 15.3. The van der Waals surface area contributed by atoms with Crippen LogP contribution in [0.25, 0.3) is 117 Å². The third kappa shape index (κ3) is 6.14. The fraction of sp³-hybridized carbons (Fsp3) is 0. The van der Waals surface area contributed by atoms with Gasteiger partial charge in [-0.25, -0.2) is 15.0 Å². The predicted octanol–water partition coefficient (Wildman–Crippen LogP) is 14.9. The molecule has 0 saturated heterocycles. The molecular weight excluding hydrogens is 757 g/mol. The second-order valence-corrected chi connectivity index (χ2v) is 15.6. The van der Waals surface area contributed by atoms with Crippen LogP contribution in [0.5, 0.6) is 0 Å². The lowest BCUT2D eigenvalue weighted by molar-refractivity contribution is 0.669. The van der Waals surface area contributed by atoms with Crippen LogP contribution in [0.3, 0.4) is 0 Å². The van der Waals surface area contributed by atoms with Crippen molar-refractivity contribution in [3.05, 3.63) is 218 Å². The van der Waals surface area contributed by atoms with E-state index in [1.54, 1.807) is 0 Å². The number of hydrogen-bond acceptors (Lipinski definition) is 4. The highest BCUT2D eigenvalue weighted by Gasteiger charge is 2.21. The first-order chi connectivity index (χ1) is 30.7. The van der Waals surface area contributed by atoms with Crippen LogP contribution in [-0.2, 0) is 0 Å². The second kappa shape index (κ2) is 14.7. The molecule has 0 atom stereocenters. The SMILES string of the molecule is c1ccc(-c2ccc(-c3cccc(-n4c5ccccc5c5ccc6oc7ccc(-c8nc(-c9ccccc9)nc(-c9cccc(-c%10ccccc%10)c9)n8)cc7c6c54)c3)cc2)cc1. The van der Waals surface area contributed by atoms with Crippen molar-refractivity contribution in [3.63, 3.8) is 0 Å². The first-order valence-corrected chi connectivity index (χ1v) is 20.8. The van der Waals surface area contributed by atoms with Gasteiger partial charge >= 0.3 is 0 Å². The smallest absolute Gasteiger partial charge is 0.164 e. The highest BCUT2D eigenvalue weighted by molar-refractivity contribution is 6.24. The quantitative estimate of drug-likeness (QED) is 0.161. The van der Waals surface area contributed by atoms with Crippen molar-refractivity contribution in [1.29, 1.82) is 0 Å². The number of fused-ring (bicyclic) bond motifs is 7. The molecule has 0 saturated carbocycles. The number of hydrogen-bond donors (Lipinski definition) is 0. The van der Waals surface area contributed by atoms with Gasteiger partial charge in [0, 0.05) is 38.5 Å². The number of nitrogens with zero attached hydrogens (tertiary/aromatic N) is 4. The fourth-order valence-electron chi connectivity index (χ4n) is 8.85. The fourth-order valence-corrected chi connectivity index (χ4v) is 8.85. The predicted molar refractivity (Wildman–Crippen MR) is 254 cm³/mol. The molecular formula is C57H36N4O. The molecule has 3 heterocycles.